The van der Waals surface area contributed by atoms with Gasteiger partial charge >= 0.3 is 11.9 Å². The highest BCUT2D eigenvalue weighted by molar-refractivity contribution is 6.03. The van der Waals surface area contributed by atoms with Gasteiger partial charge < -0.3 is 10.2 Å². The van der Waals surface area contributed by atoms with E-state index in [0.29, 0.717) is 6.42 Å². The summed E-state index contributed by atoms with van der Waals surface area (Å²) < 4.78 is 0. The van der Waals surface area contributed by atoms with Gasteiger partial charge in [0.1, 0.15) is 0 Å². The van der Waals surface area contributed by atoms with Gasteiger partial charge in [-0.3, -0.25) is 0 Å². The zero-order valence-electron chi connectivity index (χ0n) is 16.5. The molecule has 0 saturated carbocycles. The zero-order valence-corrected chi connectivity index (χ0v) is 16.5. The summed E-state index contributed by atoms with van der Waals surface area (Å²) in [6, 6.07) is 3.26. The van der Waals surface area contributed by atoms with E-state index in [9.17, 15) is 19.8 Å². The smallest absolute Gasteiger partial charge is 0.336 e. The third-order valence-electron chi connectivity index (χ3n) is 5.22. The lowest BCUT2D eigenvalue weighted by atomic mass is 9.85. The summed E-state index contributed by atoms with van der Waals surface area (Å²) in [7, 11) is 0. The number of benzene rings is 1. The topological polar surface area (TPSA) is 74.6 Å². The van der Waals surface area contributed by atoms with Crippen LogP contribution in [-0.4, -0.2) is 22.2 Å². The molecule has 0 amide bonds. The third-order valence-corrected chi connectivity index (χ3v) is 5.22. The van der Waals surface area contributed by atoms with Crippen LogP contribution >= 0.6 is 0 Å². The van der Waals surface area contributed by atoms with E-state index in [1.54, 1.807) is 0 Å². The van der Waals surface area contributed by atoms with Crippen molar-refractivity contribution < 1.29 is 19.8 Å². The highest BCUT2D eigenvalue weighted by Gasteiger charge is 2.24. The third kappa shape index (κ3) is 6.47. The molecule has 1 unspecified atom stereocenters. The summed E-state index contributed by atoms with van der Waals surface area (Å²) in [6.07, 6.45) is 11.0. The number of rotatable bonds is 13. The van der Waals surface area contributed by atoms with Gasteiger partial charge in [-0.05, 0) is 42.4 Å². The summed E-state index contributed by atoms with van der Waals surface area (Å²) in [5, 5.41) is 19.0. The van der Waals surface area contributed by atoms with Gasteiger partial charge in [0.05, 0.1) is 11.1 Å². The Kier molecular flexibility index (Phi) is 10.0. The van der Waals surface area contributed by atoms with Crippen molar-refractivity contribution in [1.29, 1.82) is 0 Å². The van der Waals surface area contributed by atoms with Crippen molar-refractivity contribution in [1.82, 2.24) is 0 Å². The van der Waals surface area contributed by atoms with Crippen LogP contribution < -0.4 is 0 Å². The molecule has 0 aromatic heterocycles. The van der Waals surface area contributed by atoms with Gasteiger partial charge in [0, 0.05) is 0 Å². The fraction of sp³-hybridized carbons (Fsp3) is 0.636. The summed E-state index contributed by atoms with van der Waals surface area (Å²) in [6.45, 7) is 6.34. The van der Waals surface area contributed by atoms with Crippen LogP contribution in [0, 0.1) is 0 Å². The molecule has 4 nitrogen and oxygen atoms in total. The summed E-state index contributed by atoms with van der Waals surface area (Å²) in [5.41, 5.74) is 1.59. The van der Waals surface area contributed by atoms with Crippen LogP contribution in [-0.2, 0) is 6.42 Å². The number of aromatic carboxylic acids is 2. The Hall–Kier alpha value is -1.84. The lowest BCUT2D eigenvalue weighted by Gasteiger charge is -2.19. The van der Waals surface area contributed by atoms with Crippen LogP contribution in [0.5, 0.6) is 0 Å². The Morgan fingerprint density at radius 3 is 1.96 bits per heavy atom. The maximum absolute atomic E-state index is 11.8. The van der Waals surface area contributed by atoms with E-state index in [-0.39, 0.29) is 17.0 Å². The molecular formula is C22H34O4. The first kappa shape index (κ1) is 22.2. The van der Waals surface area contributed by atoms with Crippen LogP contribution in [0.3, 0.4) is 0 Å². The maximum atomic E-state index is 11.8. The fourth-order valence-corrected chi connectivity index (χ4v) is 3.47. The van der Waals surface area contributed by atoms with Gasteiger partial charge in [0.15, 0.2) is 0 Å². The molecule has 146 valence electrons. The normalized spacial score (nSPS) is 12.1. The van der Waals surface area contributed by atoms with Gasteiger partial charge in [-0.1, -0.05) is 71.8 Å². The Balaban J connectivity index is 2.87. The predicted octanol–water partition coefficient (Wildman–Crippen LogP) is 6.28. The SMILES string of the molecule is CCCCCCCCCCc1c(C(C)CC)ccc(C(=O)O)c1C(=O)O. The Morgan fingerprint density at radius 2 is 1.46 bits per heavy atom. The quantitative estimate of drug-likeness (QED) is 0.405. The van der Waals surface area contributed by atoms with Crippen molar-refractivity contribution in [2.24, 2.45) is 0 Å². The van der Waals surface area contributed by atoms with Crippen LogP contribution in [0.2, 0.25) is 0 Å². The molecule has 1 atom stereocenters. The van der Waals surface area contributed by atoms with Crippen molar-refractivity contribution in [2.75, 3.05) is 0 Å². The van der Waals surface area contributed by atoms with E-state index in [4.69, 9.17) is 0 Å². The molecule has 2 N–H and O–H groups in total. The standard InChI is InChI=1S/C22H34O4/c1-4-6-7-8-9-10-11-12-13-18-17(16(3)5-2)14-15-19(21(23)24)20(18)22(25)26/h14-16H,4-13H2,1-3H3,(H,23,24)(H,25,26). The van der Waals surface area contributed by atoms with Crippen molar-refractivity contribution in [3.8, 4) is 0 Å². The van der Waals surface area contributed by atoms with E-state index in [0.717, 1.165) is 36.8 Å². The molecule has 1 rings (SSSR count). The predicted molar refractivity (Wildman–Crippen MR) is 105 cm³/mol. The number of hydrogen-bond acceptors (Lipinski definition) is 2. The van der Waals surface area contributed by atoms with E-state index >= 15 is 0 Å². The molecular weight excluding hydrogens is 328 g/mol. The molecule has 0 bridgehead atoms. The van der Waals surface area contributed by atoms with Crippen LogP contribution in [0.25, 0.3) is 0 Å². The first-order valence-electron chi connectivity index (χ1n) is 10.1. The first-order chi connectivity index (χ1) is 12.4. The average molecular weight is 363 g/mol. The lowest BCUT2D eigenvalue weighted by molar-refractivity contribution is 0.0650. The maximum Gasteiger partial charge on any atom is 0.336 e. The summed E-state index contributed by atoms with van der Waals surface area (Å²) in [5.74, 6) is -2.09. The summed E-state index contributed by atoms with van der Waals surface area (Å²) >= 11 is 0. The molecule has 0 fully saturated rings. The molecule has 4 heteroatoms. The van der Waals surface area contributed by atoms with Crippen molar-refractivity contribution >= 4 is 11.9 Å². The van der Waals surface area contributed by atoms with E-state index in [2.05, 4.69) is 20.8 Å². The number of carboxylic acids is 2. The largest absolute Gasteiger partial charge is 0.478 e. The minimum absolute atomic E-state index is 0.0155. The molecule has 0 saturated heterocycles. The Bertz CT molecular complexity index is 592. The van der Waals surface area contributed by atoms with Crippen LogP contribution in [0.4, 0.5) is 0 Å². The van der Waals surface area contributed by atoms with E-state index in [1.807, 2.05) is 6.07 Å². The Morgan fingerprint density at radius 1 is 0.885 bits per heavy atom. The zero-order chi connectivity index (χ0) is 19.5. The van der Waals surface area contributed by atoms with Gasteiger partial charge in [-0.2, -0.15) is 0 Å². The fourth-order valence-electron chi connectivity index (χ4n) is 3.47. The molecule has 0 aliphatic carbocycles. The monoisotopic (exact) mass is 362 g/mol. The van der Waals surface area contributed by atoms with Gasteiger partial charge in [-0.15, -0.1) is 0 Å². The van der Waals surface area contributed by atoms with Crippen molar-refractivity contribution in [3.63, 3.8) is 0 Å². The van der Waals surface area contributed by atoms with E-state index < -0.39 is 11.9 Å². The lowest BCUT2D eigenvalue weighted by Crippen LogP contribution is -2.15. The molecule has 0 aliphatic rings. The average Bonchev–Trinajstić information content (AvgIpc) is 2.62. The molecule has 1 aromatic rings. The minimum Gasteiger partial charge on any atom is -0.478 e. The van der Waals surface area contributed by atoms with Gasteiger partial charge in [0.2, 0.25) is 0 Å². The van der Waals surface area contributed by atoms with Gasteiger partial charge in [-0.25, -0.2) is 9.59 Å². The molecule has 26 heavy (non-hydrogen) atoms. The number of carboxylic acid groups (broad SMARTS) is 2. The van der Waals surface area contributed by atoms with Crippen molar-refractivity contribution in [3.05, 3.63) is 34.4 Å². The highest BCUT2D eigenvalue weighted by Crippen LogP contribution is 2.29. The number of carbonyl (C=O) groups is 2. The van der Waals surface area contributed by atoms with Crippen LogP contribution in [0.15, 0.2) is 12.1 Å². The number of unbranched alkanes of at least 4 members (excludes halogenated alkanes) is 7. The minimum atomic E-state index is -1.17. The molecule has 1 aromatic carbocycles. The highest BCUT2D eigenvalue weighted by atomic mass is 16.4. The molecule has 0 heterocycles. The molecule has 0 radical (unpaired) electrons. The van der Waals surface area contributed by atoms with E-state index in [1.165, 1.54) is 38.2 Å². The number of hydrogen-bond donors (Lipinski definition) is 2. The first-order valence-corrected chi connectivity index (χ1v) is 10.1. The second-order valence-corrected chi connectivity index (χ2v) is 7.20. The van der Waals surface area contributed by atoms with Crippen LogP contribution in [0.1, 0.15) is 116 Å². The second-order valence-electron chi connectivity index (χ2n) is 7.20. The Labute approximate surface area is 157 Å². The second kappa shape index (κ2) is 11.7. The molecule has 0 aliphatic heterocycles. The molecule has 0 spiro atoms. The summed E-state index contributed by atoms with van der Waals surface area (Å²) in [4.78, 5) is 23.2. The van der Waals surface area contributed by atoms with Crippen molar-refractivity contribution in [2.45, 2.75) is 90.9 Å². The van der Waals surface area contributed by atoms with Gasteiger partial charge in [0.25, 0.3) is 0 Å².